The van der Waals surface area contributed by atoms with Crippen LogP contribution >= 0.6 is 0 Å². The summed E-state index contributed by atoms with van der Waals surface area (Å²) in [6.07, 6.45) is 2.20. The fourth-order valence-corrected chi connectivity index (χ4v) is 2.11. The minimum absolute atomic E-state index is 0.0891. The predicted molar refractivity (Wildman–Crippen MR) is 43.7 cm³/mol. The third kappa shape index (κ3) is 1.16. The van der Waals surface area contributed by atoms with Crippen molar-refractivity contribution in [2.75, 3.05) is 0 Å². The van der Waals surface area contributed by atoms with Gasteiger partial charge in [0, 0.05) is 6.42 Å². The van der Waals surface area contributed by atoms with Gasteiger partial charge in [-0.05, 0) is 19.8 Å². The summed E-state index contributed by atoms with van der Waals surface area (Å²) in [6, 6.07) is 0. The highest BCUT2D eigenvalue weighted by atomic mass is 16.8. The Balaban J connectivity index is 2.15. The summed E-state index contributed by atoms with van der Waals surface area (Å²) >= 11 is 0. The van der Waals surface area contributed by atoms with Crippen molar-refractivity contribution in [1.82, 2.24) is 0 Å². The van der Waals surface area contributed by atoms with E-state index in [-0.39, 0.29) is 18.3 Å². The van der Waals surface area contributed by atoms with Crippen molar-refractivity contribution in [3.8, 4) is 0 Å². The van der Waals surface area contributed by atoms with Gasteiger partial charge in [-0.2, -0.15) is 0 Å². The lowest BCUT2D eigenvalue weighted by atomic mass is 9.99. The zero-order chi connectivity index (χ0) is 8.77. The maximum Gasteiger partial charge on any atom is 0.166 e. The first-order valence-corrected chi connectivity index (χ1v) is 4.68. The first-order chi connectivity index (χ1) is 5.64. The number of ether oxygens (including phenoxy) is 2. The topological polar surface area (TPSA) is 38.7 Å². The Morgan fingerprint density at radius 1 is 1.50 bits per heavy atom. The molecule has 0 saturated carbocycles. The third-order valence-electron chi connectivity index (χ3n) is 2.83. The molecule has 2 aliphatic rings. The van der Waals surface area contributed by atoms with Crippen molar-refractivity contribution < 1.29 is 14.6 Å². The van der Waals surface area contributed by atoms with E-state index < -0.39 is 5.79 Å². The van der Waals surface area contributed by atoms with E-state index >= 15 is 0 Å². The van der Waals surface area contributed by atoms with Gasteiger partial charge in [0.1, 0.15) is 6.10 Å². The molecule has 2 saturated heterocycles. The molecule has 4 atom stereocenters. The Kier molecular flexibility index (Phi) is 1.90. The van der Waals surface area contributed by atoms with Crippen LogP contribution in [0.3, 0.4) is 0 Å². The molecule has 12 heavy (non-hydrogen) atoms. The zero-order valence-corrected chi connectivity index (χ0v) is 7.62. The molecule has 0 amide bonds. The predicted octanol–water partition coefficient (Wildman–Crippen LogP) is 1.05. The van der Waals surface area contributed by atoms with Gasteiger partial charge in [-0.15, -0.1) is 0 Å². The second kappa shape index (κ2) is 2.69. The van der Waals surface area contributed by atoms with E-state index in [2.05, 4.69) is 6.92 Å². The molecule has 2 heterocycles. The quantitative estimate of drug-likeness (QED) is 0.642. The first-order valence-electron chi connectivity index (χ1n) is 4.68. The number of hydrogen-bond acceptors (Lipinski definition) is 3. The molecule has 0 aromatic heterocycles. The molecular weight excluding hydrogens is 156 g/mol. The number of hydrogen-bond donors (Lipinski definition) is 1. The van der Waals surface area contributed by atoms with Gasteiger partial charge in [0.15, 0.2) is 5.79 Å². The van der Waals surface area contributed by atoms with Gasteiger partial charge in [0.05, 0.1) is 12.2 Å². The van der Waals surface area contributed by atoms with E-state index in [0.29, 0.717) is 0 Å². The second-order valence-corrected chi connectivity index (χ2v) is 3.89. The molecule has 0 spiro atoms. The summed E-state index contributed by atoms with van der Waals surface area (Å²) in [5.41, 5.74) is 0. The molecule has 2 bridgehead atoms. The van der Waals surface area contributed by atoms with Gasteiger partial charge >= 0.3 is 0 Å². The summed E-state index contributed by atoms with van der Waals surface area (Å²) in [4.78, 5) is 0. The molecule has 2 fully saturated rings. The fraction of sp³-hybridized carbons (Fsp3) is 1.00. The van der Waals surface area contributed by atoms with Crippen LogP contribution in [0.1, 0.15) is 33.1 Å². The molecule has 0 aromatic carbocycles. The molecule has 2 rings (SSSR count). The molecule has 70 valence electrons. The standard InChI is InChI=1S/C9H16O3/c1-3-7-8-6(10)4-5-9(2,11-7)12-8/h6-8,10H,3-5H2,1-2H3/t6-,7+,8+,9-/m0/s1. The summed E-state index contributed by atoms with van der Waals surface area (Å²) in [5, 5.41) is 9.61. The maximum absolute atomic E-state index is 9.61. The van der Waals surface area contributed by atoms with Crippen molar-refractivity contribution in [3.63, 3.8) is 0 Å². The highest BCUT2D eigenvalue weighted by molar-refractivity contribution is 4.92. The molecular formula is C9H16O3. The third-order valence-corrected chi connectivity index (χ3v) is 2.83. The second-order valence-electron chi connectivity index (χ2n) is 3.89. The Bertz CT molecular complexity index is 179. The Morgan fingerprint density at radius 2 is 2.25 bits per heavy atom. The maximum atomic E-state index is 9.61. The highest BCUT2D eigenvalue weighted by Crippen LogP contribution is 2.40. The van der Waals surface area contributed by atoms with Crippen molar-refractivity contribution >= 4 is 0 Å². The highest BCUT2D eigenvalue weighted by Gasteiger charge is 2.50. The van der Waals surface area contributed by atoms with Gasteiger partial charge in [-0.3, -0.25) is 0 Å². The lowest BCUT2D eigenvalue weighted by molar-refractivity contribution is -0.197. The van der Waals surface area contributed by atoms with Crippen LogP contribution in [0.5, 0.6) is 0 Å². The Morgan fingerprint density at radius 3 is 2.92 bits per heavy atom. The van der Waals surface area contributed by atoms with Crippen LogP contribution in [0, 0.1) is 0 Å². The lowest BCUT2D eigenvalue weighted by Crippen LogP contribution is -2.40. The van der Waals surface area contributed by atoms with Crippen molar-refractivity contribution in [2.24, 2.45) is 0 Å². The molecule has 1 N–H and O–H groups in total. The smallest absolute Gasteiger partial charge is 0.166 e. The monoisotopic (exact) mass is 172 g/mol. The summed E-state index contributed by atoms with van der Waals surface area (Å²) < 4.78 is 11.3. The van der Waals surface area contributed by atoms with Crippen LogP contribution in [-0.4, -0.2) is 29.2 Å². The van der Waals surface area contributed by atoms with Gasteiger partial charge in [0.2, 0.25) is 0 Å². The normalized spacial score (nSPS) is 52.8. The average molecular weight is 172 g/mol. The summed E-state index contributed by atoms with van der Waals surface area (Å²) in [6.45, 7) is 4.02. The molecule has 0 radical (unpaired) electrons. The number of aliphatic hydroxyl groups is 1. The largest absolute Gasteiger partial charge is 0.390 e. The van der Waals surface area contributed by atoms with Crippen molar-refractivity contribution in [1.29, 1.82) is 0 Å². The van der Waals surface area contributed by atoms with E-state index in [0.717, 1.165) is 19.3 Å². The van der Waals surface area contributed by atoms with Crippen LogP contribution in [0.2, 0.25) is 0 Å². The number of rotatable bonds is 1. The van der Waals surface area contributed by atoms with E-state index in [4.69, 9.17) is 9.47 Å². The van der Waals surface area contributed by atoms with Crippen LogP contribution in [0.4, 0.5) is 0 Å². The SMILES string of the molecule is CC[C@H]1O[C@]2(C)CC[C@H](O)[C@H]1O2. The molecule has 0 unspecified atom stereocenters. The fourth-order valence-electron chi connectivity index (χ4n) is 2.11. The molecule has 3 heteroatoms. The average Bonchev–Trinajstić information content (AvgIpc) is 2.34. The molecule has 0 aliphatic carbocycles. The van der Waals surface area contributed by atoms with E-state index in [1.807, 2.05) is 6.92 Å². The summed E-state index contributed by atoms with van der Waals surface area (Å²) in [5.74, 6) is -0.412. The van der Waals surface area contributed by atoms with E-state index in [9.17, 15) is 5.11 Å². The van der Waals surface area contributed by atoms with E-state index in [1.54, 1.807) is 0 Å². The van der Waals surface area contributed by atoms with E-state index in [1.165, 1.54) is 0 Å². The first kappa shape index (κ1) is 8.48. The summed E-state index contributed by atoms with van der Waals surface area (Å²) in [7, 11) is 0. The van der Waals surface area contributed by atoms with Crippen molar-refractivity contribution in [2.45, 2.75) is 57.2 Å². The minimum Gasteiger partial charge on any atom is -0.390 e. The van der Waals surface area contributed by atoms with Crippen LogP contribution in [-0.2, 0) is 9.47 Å². The van der Waals surface area contributed by atoms with Gasteiger partial charge in [0.25, 0.3) is 0 Å². The Hall–Kier alpha value is -0.120. The number of fused-ring (bicyclic) bond motifs is 2. The number of aliphatic hydroxyl groups excluding tert-OH is 1. The minimum atomic E-state index is -0.412. The molecule has 3 nitrogen and oxygen atoms in total. The van der Waals surface area contributed by atoms with Gasteiger partial charge in [-0.1, -0.05) is 6.92 Å². The van der Waals surface area contributed by atoms with Crippen LogP contribution in [0.15, 0.2) is 0 Å². The Labute approximate surface area is 72.7 Å². The van der Waals surface area contributed by atoms with Crippen LogP contribution in [0.25, 0.3) is 0 Å². The van der Waals surface area contributed by atoms with Crippen LogP contribution < -0.4 is 0 Å². The lowest BCUT2D eigenvalue weighted by Gasteiger charge is -2.30. The van der Waals surface area contributed by atoms with Gasteiger partial charge < -0.3 is 14.6 Å². The molecule has 2 aliphatic heterocycles. The molecule has 0 aromatic rings. The van der Waals surface area contributed by atoms with Crippen molar-refractivity contribution in [3.05, 3.63) is 0 Å². The van der Waals surface area contributed by atoms with Gasteiger partial charge in [-0.25, -0.2) is 0 Å². The zero-order valence-electron chi connectivity index (χ0n) is 7.62.